The van der Waals surface area contributed by atoms with Crippen molar-refractivity contribution >= 4 is 14.4 Å². The number of hydrogen-bond donors (Lipinski definition) is 4. The van der Waals surface area contributed by atoms with Crippen molar-refractivity contribution in [3.8, 4) is 0 Å². The van der Waals surface area contributed by atoms with Gasteiger partial charge in [-0.05, 0) is 13.8 Å². The summed E-state index contributed by atoms with van der Waals surface area (Å²) in [6.45, 7) is 2.85. The lowest BCUT2D eigenvalue weighted by Gasteiger charge is -1.80. The van der Waals surface area contributed by atoms with Crippen molar-refractivity contribution in [2.45, 2.75) is 13.8 Å². The SMILES string of the molecule is CC(=O)/C=C(/C)O.OP(O)O. The minimum Gasteiger partial charge on any atom is -0.512 e. The first kappa shape index (κ1) is 13.1. The summed E-state index contributed by atoms with van der Waals surface area (Å²) in [7, 11) is -2.62. The van der Waals surface area contributed by atoms with E-state index in [1.54, 1.807) is 0 Å². The van der Waals surface area contributed by atoms with Crippen LogP contribution in [0.3, 0.4) is 0 Å². The van der Waals surface area contributed by atoms with Crippen molar-refractivity contribution in [3.63, 3.8) is 0 Å². The molecule has 0 fully saturated rings. The van der Waals surface area contributed by atoms with Crippen LogP contribution >= 0.6 is 8.60 Å². The molecule has 66 valence electrons. The summed E-state index contributed by atoms with van der Waals surface area (Å²) in [5, 5.41) is 8.36. The molecule has 0 saturated heterocycles. The van der Waals surface area contributed by atoms with Crippen LogP contribution in [0.4, 0.5) is 0 Å². The van der Waals surface area contributed by atoms with Crippen LogP contribution in [0.15, 0.2) is 11.8 Å². The molecule has 5 nitrogen and oxygen atoms in total. The van der Waals surface area contributed by atoms with Gasteiger partial charge in [0, 0.05) is 6.08 Å². The van der Waals surface area contributed by atoms with Crippen LogP contribution in [-0.4, -0.2) is 25.6 Å². The third-order valence-corrected chi connectivity index (χ3v) is 0.412. The van der Waals surface area contributed by atoms with E-state index >= 15 is 0 Å². The van der Waals surface area contributed by atoms with Crippen LogP contribution in [0.5, 0.6) is 0 Å². The Labute approximate surface area is 65.6 Å². The topological polar surface area (TPSA) is 98.0 Å². The fraction of sp³-hybridized carbons (Fsp3) is 0.400. The zero-order valence-corrected chi connectivity index (χ0v) is 7.12. The molecule has 11 heavy (non-hydrogen) atoms. The molecule has 0 rings (SSSR count). The molecule has 0 spiro atoms. The zero-order chi connectivity index (χ0) is 9.44. The number of carbonyl (C=O) groups excluding carboxylic acids is 1. The summed E-state index contributed by atoms with van der Waals surface area (Å²) in [6, 6.07) is 0. The van der Waals surface area contributed by atoms with Crippen LogP contribution in [0, 0.1) is 0 Å². The van der Waals surface area contributed by atoms with Gasteiger partial charge in [-0.1, -0.05) is 0 Å². The Kier molecular flexibility index (Phi) is 9.10. The first-order chi connectivity index (χ1) is 4.86. The minimum absolute atomic E-state index is 0.0625. The zero-order valence-electron chi connectivity index (χ0n) is 6.22. The highest BCUT2D eigenvalue weighted by molar-refractivity contribution is 7.38. The number of hydrogen-bond acceptors (Lipinski definition) is 5. The second-order valence-electron chi connectivity index (χ2n) is 1.66. The quantitative estimate of drug-likeness (QED) is 0.264. The van der Waals surface area contributed by atoms with Gasteiger partial charge >= 0.3 is 8.60 Å². The summed E-state index contributed by atoms with van der Waals surface area (Å²) in [5.74, 6) is -0.0625. The Morgan fingerprint density at radius 1 is 1.27 bits per heavy atom. The maximum atomic E-state index is 10.0. The predicted molar refractivity (Wildman–Crippen MR) is 40.6 cm³/mol. The number of aliphatic hydroxyl groups excluding tert-OH is 1. The van der Waals surface area contributed by atoms with Gasteiger partial charge in [0.2, 0.25) is 0 Å². The Morgan fingerprint density at radius 3 is 1.55 bits per heavy atom. The molecule has 0 amide bonds. The lowest BCUT2D eigenvalue weighted by atomic mass is 10.4. The molecular weight excluding hydrogens is 171 g/mol. The van der Waals surface area contributed by atoms with E-state index in [-0.39, 0.29) is 11.5 Å². The lowest BCUT2D eigenvalue weighted by molar-refractivity contribution is -0.112. The summed E-state index contributed by atoms with van der Waals surface area (Å²) >= 11 is 0. The van der Waals surface area contributed by atoms with E-state index in [0.717, 1.165) is 0 Å². The van der Waals surface area contributed by atoms with E-state index in [9.17, 15) is 4.79 Å². The summed E-state index contributed by atoms with van der Waals surface area (Å²) in [5.41, 5.74) is 0. The lowest BCUT2D eigenvalue weighted by Crippen LogP contribution is -1.82. The third kappa shape index (κ3) is 43.4. The molecule has 0 saturated carbocycles. The van der Waals surface area contributed by atoms with Gasteiger partial charge < -0.3 is 19.8 Å². The molecule has 0 aliphatic rings. The molecule has 0 aromatic rings. The van der Waals surface area contributed by atoms with Gasteiger partial charge in [-0.2, -0.15) is 0 Å². The van der Waals surface area contributed by atoms with E-state index in [0.29, 0.717) is 0 Å². The van der Waals surface area contributed by atoms with E-state index in [4.69, 9.17) is 19.8 Å². The molecule has 0 aliphatic heterocycles. The Bertz CT molecular complexity index is 135. The molecule has 0 aromatic carbocycles. The Balaban J connectivity index is 0. The molecule has 0 bridgehead atoms. The molecule has 0 aliphatic carbocycles. The molecule has 6 heteroatoms. The second-order valence-corrected chi connectivity index (χ2v) is 2.20. The van der Waals surface area contributed by atoms with Gasteiger partial charge in [0.15, 0.2) is 5.78 Å². The van der Waals surface area contributed by atoms with Gasteiger partial charge in [-0.3, -0.25) is 4.79 Å². The number of aliphatic hydroxyl groups is 1. The maximum Gasteiger partial charge on any atom is 0.324 e. The number of ketones is 1. The van der Waals surface area contributed by atoms with Gasteiger partial charge in [0.25, 0.3) is 0 Å². The smallest absolute Gasteiger partial charge is 0.324 e. The van der Waals surface area contributed by atoms with Crippen molar-refractivity contribution in [1.29, 1.82) is 0 Å². The van der Waals surface area contributed by atoms with Crippen LogP contribution in [-0.2, 0) is 4.79 Å². The standard InChI is InChI=1S/C5H8O2.H3O3P/c1-4(6)3-5(2)7;1-4(2)3/h3,6H,1-2H3;1-3H/b4-3-;. The summed E-state index contributed by atoms with van der Waals surface area (Å²) < 4.78 is 0. The highest BCUT2D eigenvalue weighted by Crippen LogP contribution is 2.11. The number of carbonyl (C=O) groups is 1. The molecule has 0 aromatic heterocycles. The average Bonchev–Trinajstić information content (AvgIpc) is 1.56. The van der Waals surface area contributed by atoms with E-state index in [1.807, 2.05) is 0 Å². The normalized spacial score (nSPS) is 10.5. The van der Waals surface area contributed by atoms with Crippen LogP contribution in [0.1, 0.15) is 13.8 Å². The van der Waals surface area contributed by atoms with Gasteiger partial charge in [-0.15, -0.1) is 0 Å². The maximum absolute atomic E-state index is 10.0. The Hall–Kier alpha value is -0.480. The fourth-order valence-corrected chi connectivity index (χ4v) is 0.294. The number of rotatable bonds is 1. The minimum atomic E-state index is -2.62. The Morgan fingerprint density at radius 2 is 1.55 bits per heavy atom. The van der Waals surface area contributed by atoms with Crippen LogP contribution in [0.25, 0.3) is 0 Å². The second kappa shape index (κ2) is 7.63. The first-order valence-electron chi connectivity index (χ1n) is 2.61. The molecule has 4 N–H and O–H groups in total. The van der Waals surface area contributed by atoms with Gasteiger partial charge in [0.05, 0.1) is 5.76 Å². The molecular formula is C5H11O5P. The van der Waals surface area contributed by atoms with Crippen molar-refractivity contribution in [1.82, 2.24) is 0 Å². The first-order valence-corrected chi connectivity index (χ1v) is 3.81. The molecule has 0 radical (unpaired) electrons. The molecule has 0 atom stereocenters. The van der Waals surface area contributed by atoms with Crippen molar-refractivity contribution < 1.29 is 24.6 Å². The van der Waals surface area contributed by atoms with Crippen LogP contribution < -0.4 is 0 Å². The highest BCUT2D eigenvalue weighted by Gasteiger charge is 1.82. The highest BCUT2D eigenvalue weighted by atomic mass is 31.2. The largest absolute Gasteiger partial charge is 0.512 e. The van der Waals surface area contributed by atoms with Gasteiger partial charge in [0.1, 0.15) is 0 Å². The monoisotopic (exact) mass is 182 g/mol. The van der Waals surface area contributed by atoms with Crippen LogP contribution in [0.2, 0.25) is 0 Å². The molecule has 0 heterocycles. The fourth-order valence-electron chi connectivity index (χ4n) is 0.294. The summed E-state index contributed by atoms with van der Waals surface area (Å²) in [6.07, 6.45) is 1.17. The van der Waals surface area contributed by atoms with E-state index < -0.39 is 8.60 Å². The van der Waals surface area contributed by atoms with Crippen molar-refractivity contribution in [2.75, 3.05) is 0 Å². The third-order valence-electron chi connectivity index (χ3n) is 0.412. The average molecular weight is 182 g/mol. The van der Waals surface area contributed by atoms with Gasteiger partial charge in [-0.25, -0.2) is 0 Å². The van der Waals surface area contributed by atoms with Crippen molar-refractivity contribution in [2.24, 2.45) is 0 Å². The van der Waals surface area contributed by atoms with E-state index in [1.165, 1.54) is 19.9 Å². The predicted octanol–water partition coefficient (Wildman–Crippen LogP) is 0.227. The van der Waals surface area contributed by atoms with Crippen molar-refractivity contribution in [3.05, 3.63) is 11.8 Å². The summed E-state index contributed by atoms with van der Waals surface area (Å²) in [4.78, 5) is 31.7. The molecule has 0 unspecified atom stereocenters. The van der Waals surface area contributed by atoms with E-state index in [2.05, 4.69) is 0 Å². The number of allylic oxidation sites excluding steroid dienone is 2.